The highest BCUT2D eigenvalue weighted by Gasteiger charge is 2.42. The van der Waals surface area contributed by atoms with Crippen LogP contribution in [0, 0.1) is 0 Å². The first kappa shape index (κ1) is 22.1. The van der Waals surface area contributed by atoms with Crippen molar-refractivity contribution in [2.24, 2.45) is 0 Å². The lowest BCUT2D eigenvalue weighted by Gasteiger charge is -2.44. The Hall–Kier alpha value is 0.134. The highest BCUT2D eigenvalue weighted by atomic mass is 29.2. The van der Waals surface area contributed by atoms with Crippen LogP contribution in [0.5, 0.6) is 0 Å². The fraction of sp³-hybridized carbons (Fsp3) is 0.895. The Bertz CT molecular complexity index is 337. The Morgan fingerprint density at radius 3 is 1.59 bits per heavy atom. The minimum absolute atomic E-state index is 0.152. The van der Waals surface area contributed by atoms with Crippen LogP contribution in [0.2, 0.25) is 16.6 Å². The molecule has 0 aliphatic carbocycles. The smallest absolute Gasteiger partial charge is 0.0527 e. The maximum atomic E-state index is 3.76. The van der Waals surface area contributed by atoms with Gasteiger partial charge < -0.3 is 5.32 Å². The standard InChI is InChI=1S/C19H43NSi2/c1-12-16(8)20-18(10)17(9)19(11)21-22(13(2)3,14(4)5)15(6)7/h13-16,18,20H,12,21H2,1-11H3. The van der Waals surface area contributed by atoms with Crippen molar-refractivity contribution < 1.29 is 0 Å². The average molecular weight is 342 g/mol. The molecule has 132 valence electrons. The first-order valence-electron chi connectivity index (χ1n) is 9.42. The molecule has 22 heavy (non-hydrogen) atoms. The molecule has 0 rings (SSSR count). The normalized spacial score (nSPS) is 17.7. The third kappa shape index (κ3) is 5.35. The molecular formula is C19H43NSi2. The van der Waals surface area contributed by atoms with Gasteiger partial charge in [-0.2, -0.15) is 0 Å². The predicted molar refractivity (Wildman–Crippen MR) is 110 cm³/mol. The van der Waals surface area contributed by atoms with E-state index >= 15 is 0 Å². The van der Waals surface area contributed by atoms with Crippen molar-refractivity contribution in [3.05, 3.63) is 10.8 Å². The first-order chi connectivity index (χ1) is 10.00. The zero-order chi connectivity index (χ0) is 17.7. The lowest BCUT2D eigenvalue weighted by atomic mass is 10.1. The maximum absolute atomic E-state index is 3.76. The van der Waals surface area contributed by atoms with Gasteiger partial charge in [-0.3, -0.25) is 0 Å². The molecule has 0 radical (unpaired) electrons. The van der Waals surface area contributed by atoms with E-state index in [1.54, 1.807) is 10.8 Å². The molecule has 2 unspecified atom stereocenters. The Balaban J connectivity index is 5.40. The summed E-state index contributed by atoms with van der Waals surface area (Å²) in [5.74, 6) is 0. The van der Waals surface area contributed by atoms with Crippen molar-refractivity contribution >= 4 is 16.6 Å². The van der Waals surface area contributed by atoms with Crippen molar-refractivity contribution in [3.8, 4) is 0 Å². The van der Waals surface area contributed by atoms with Gasteiger partial charge in [0.15, 0.2) is 0 Å². The molecule has 2 atom stereocenters. The molecule has 0 aromatic rings. The highest BCUT2D eigenvalue weighted by Crippen LogP contribution is 2.41. The van der Waals surface area contributed by atoms with Crippen molar-refractivity contribution in [1.82, 2.24) is 5.32 Å². The van der Waals surface area contributed by atoms with E-state index in [4.69, 9.17) is 0 Å². The summed E-state index contributed by atoms with van der Waals surface area (Å²) in [6, 6.07) is 1.14. The van der Waals surface area contributed by atoms with Crippen LogP contribution in [0.1, 0.15) is 82.6 Å². The molecule has 1 nitrogen and oxygen atoms in total. The predicted octanol–water partition coefficient (Wildman–Crippen LogP) is 5.40. The van der Waals surface area contributed by atoms with E-state index in [0.717, 1.165) is 16.6 Å². The molecule has 0 spiro atoms. The molecular weight excluding hydrogens is 298 g/mol. The second-order valence-electron chi connectivity index (χ2n) is 8.41. The summed E-state index contributed by atoms with van der Waals surface area (Å²) in [7, 11) is -1.35. The maximum Gasteiger partial charge on any atom is 0.0527 e. The van der Waals surface area contributed by atoms with E-state index in [9.17, 15) is 0 Å². The van der Waals surface area contributed by atoms with Gasteiger partial charge >= 0.3 is 0 Å². The Kier molecular flexibility index (Phi) is 9.49. The van der Waals surface area contributed by atoms with Crippen LogP contribution in [-0.4, -0.2) is 28.7 Å². The molecule has 0 saturated carbocycles. The number of hydrogen-bond acceptors (Lipinski definition) is 1. The molecule has 0 bridgehead atoms. The third-order valence-electron chi connectivity index (χ3n) is 6.27. The molecule has 3 heteroatoms. The average Bonchev–Trinajstić information content (AvgIpc) is 2.41. The fourth-order valence-electron chi connectivity index (χ4n) is 4.25. The molecule has 0 heterocycles. The molecule has 0 aromatic carbocycles. The van der Waals surface area contributed by atoms with E-state index < -0.39 is 7.59 Å². The van der Waals surface area contributed by atoms with Crippen LogP contribution in [-0.2, 0) is 0 Å². The molecule has 0 aromatic heterocycles. The first-order valence-corrected chi connectivity index (χ1v) is 14.7. The minimum atomic E-state index is -1.19. The number of nitrogens with one attached hydrogen (secondary N) is 1. The quantitative estimate of drug-likeness (QED) is 0.554. The fourth-order valence-corrected chi connectivity index (χ4v) is 18.2. The van der Waals surface area contributed by atoms with Crippen LogP contribution >= 0.6 is 0 Å². The van der Waals surface area contributed by atoms with Crippen molar-refractivity contribution in [1.29, 1.82) is 0 Å². The van der Waals surface area contributed by atoms with Crippen LogP contribution in [0.4, 0.5) is 0 Å². The molecule has 0 fully saturated rings. The highest BCUT2D eigenvalue weighted by molar-refractivity contribution is 7.29. The van der Waals surface area contributed by atoms with Gasteiger partial charge in [0.25, 0.3) is 0 Å². The summed E-state index contributed by atoms with van der Waals surface area (Å²) in [5.41, 5.74) is 4.34. The van der Waals surface area contributed by atoms with E-state index in [2.05, 4.69) is 81.5 Å². The van der Waals surface area contributed by atoms with E-state index in [0.29, 0.717) is 12.1 Å². The lowest BCUT2D eigenvalue weighted by molar-refractivity contribution is 0.491. The second kappa shape index (κ2) is 9.43. The Labute approximate surface area is 144 Å². The number of rotatable bonds is 9. The second-order valence-corrected chi connectivity index (χ2v) is 20.3. The molecule has 0 saturated heterocycles. The summed E-state index contributed by atoms with van der Waals surface area (Å²) in [5, 5.41) is 5.55. The molecule has 1 N–H and O–H groups in total. The van der Waals surface area contributed by atoms with Crippen LogP contribution in [0.25, 0.3) is 0 Å². The summed E-state index contributed by atoms with van der Waals surface area (Å²) < 4.78 is 0. The molecule has 0 aliphatic heterocycles. The van der Waals surface area contributed by atoms with Gasteiger partial charge in [-0.15, -0.1) is 0 Å². The van der Waals surface area contributed by atoms with Gasteiger partial charge in [-0.1, -0.05) is 75.9 Å². The minimum Gasteiger partial charge on any atom is -0.308 e. The topological polar surface area (TPSA) is 12.0 Å². The van der Waals surface area contributed by atoms with Gasteiger partial charge in [0.05, 0.1) is 7.59 Å². The van der Waals surface area contributed by atoms with E-state index in [-0.39, 0.29) is 9.04 Å². The Morgan fingerprint density at radius 1 is 0.864 bits per heavy atom. The van der Waals surface area contributed by atoms with Crippen molar-refractivity contribution in [2.45, 2.75) is 111 Å². The zero-order valence-corrected chi connectivity index (χ0v) is 19.7. The van der Waals surface area contributed by atoms with Crippen LogP contribution in [0.15, 0.2) is 10.8 Å². The number of allylic oxidation sites excluding steroid dienone is 1. The number of hydrogen-bond donors (Lipinski definition) is 1. The summed E-state index contributed by atoms with van der Waals surface area (Å²) in [6.07, 6.45) is 1.21. The molecule has 0 aliphatic rings. The van der Waals surface area contributed by atoms with Gasteiger partial charge in [0.1, 0.15) is 0 Å². The monoisotopic (exact) mass is 341 g/mol. The summed E-state index contributed by atoms with van der Waals surface area (Å²) >= 11 is 0. The van der Waals surface area contributed by atoms with Crippen molar-refractivity contribution in [3.63, 3.8) is 0 Å². The van der Waals surface area contributed by atoms with Crippen LogP contribution in [0.3, 0.4) is 0 Å². The van der Waals surface area contributed by atoms with Crippen molar-refractivity contribution in [2.75, 3.05) is 0 Å². The summed E-state index contributed by atoms with van der Waals surface area (Å²) in [4.78, 5) is 0. The van der Waals surface area contributed by atoms with Gasteiger partial charge in [-0.05, 0) is 34.1 Å². The van der Waals surface area contributed by atoms with Crippen LogP contribution < -0.4 is 5.32 Å². The van der Waals surface area contributed by atoms with E-state index in [1.165, 1.54) is 6.42 Å². The third-order valence-corrected chi connectivity index (χ3v) is 25.2. The summed E-state index contributed by atoms with van der Waals surface area (Å²) in [6.45, 7) is 26.8. The van der Waals surface area contributed by atoms with Gasteiger partial charge in [0, 0.05) is 21.1 Å². The van der Waals surface area contributed by atoms with Gasteiger partial charge in [-0.25, -0.2) is 0 Å². The van der Waals surface area contributed by atoms with E-state index in [1.807, 2.05) is 0 Å². The van der Waals surface area contributed by atoms with Gasteiger partial charge in [0.2, 0.25) is 0 Å². The lowest BCUT2D eigenvalue weighted by Crippen LogP contribution is -2.51. The largest absolute Gasteiger partial charge is 0.308 e. The SMILES string of the molecule is CCC(C)NC(C)C(C)=C(C)[SiH2][Si](C(C)C)(C(C)C)C(C)C. The Morgan fingerprint density at radius 2 is 1.27 bits per heavy atom. The zero-order valence-electron chi connectivity index (χ0n) is 17.3. The molecule has 0 amide bonds.